The van der Waals surface area contributed by atoms with Crippen LogP contribution in [0.2, 0.25) is 0 Å². The average Bonchev–Trinajstić information content (AvgIpc) is 3.04. The molecule has 2 atom stereocenters. The summed E-state index contributed by atoms with van der Waals surface area (Å²) in [7, 11) is 0. The van der Waals surface area contributed by atoms with Gasteiger partial charge >= 0.3 is 6.09 Å². The maximum absolute atomic E-state index is 12.4. The molecule has 3 rings (SSSR count). The van der Waals surface area contributed by atoms with Gasteiger partial charge in [-0.25, -0.2) is 9.78 Å². The summed E-state index contributed by atoms with van der Waals surface area (Å²) in [5, 5.41) is 3.63. The summed E-state index contributed by atoms with van der Waals surface area (Å²) in [5.74, 6) is 1.02. The summed E-state index contributed by atoms with van der Waals surface area (Å²) < 4.78 is 5.58. The number of amides is 1. The van der Waals surface area contributed by atoms with E-state index in [9.17, 15) is 4.79 Å². The van der Waals surface area contributed by atoms with Gasteiger partial charge in [0.15, 0.2) is 0 Å². The lowest BCUT2D eigenvalue weighted by molar-refractivity contribution is 0.00477. The quantitative estimate of drug-likeness (QED) is 0.894. The summed E-state index contributed by atoms with van der Waals surface area (Å²) >= 11 is 0. The first kappa shape index (κ1) is 16.3. The van der Waals surface area contributed by atoms with Crippen molar-refractivity contribution in [2.75, 3.05) is 6.54 Å². The topological polar surface area (TPSA) is 70.2 Å². The molecule has 1 aromatic rings. The van der Waals surface area contributed by atoms with E-state index in [1.807, 2.05) is 31.9 Å². The van der Waals surface area contributed by atoms with Crippen molar-refractivity contribution in [3.63, 3.8) is 0 Å². The van der Waals surface area contributed by atoms with Gasteiger partial charge in [0.05, 0.1) is 0 Å². The van der Waals surface area contributed by atoms with Crippen molar-refractivity contribution in [2.45, 2.75) is 76.6 Å². The Labute approximate surface area is 138 Å². The number of carbonyl (C=O) groups excluding carboxylic acids is 1. The molecule has 3 heterocycles. The second kappa shape index (κ2) is 6.51. The largest absolute Gasteiger partial charge is 0.444 e. The number of nitrogens with one attached hydrogen (secondary N) is 2. The van der Waals surface area contributed by atoms with Gasteiger partial charge in [-0.15, -0.1) is 0 Å². The molecule has 128 valence electrons. The van der Waals surface area contributed by atoms with Crippen LogP contribution in [0.15, 0.2) is 12.4 Å². The molecule has 2 aliphatic heterocycles. The normalized spacial score (nSPS) is 27.3. The zero-order valence-corrected chi connectivity index (χ0v) is 14.3. The minimum absolute atomic E-state index is 0.140. The van der Waals surface area contributed by atoms with E-state index in [4.69, 9.17) is 4.74 Å². The van der Waals surface area contributed by atoms with Crippen LogP contribution in [0.3, 0.4) is 0 Å². The Hall–Kier alpha value is -1.56. The van der Waals surface area contributed by atoms with E-state index < -0.39 is 5.60 Å². The predicted octanol–water partition coefficient (Wildman–Crippen LogP) is 2.47. The molecule has 0 spiro atoms. The number of piperidine rings is 1. The van der Waals surface area contributed by atoms with Gasteiger partial charge in [0, 0.05) is 43.5 Å². The van der Waals surface area contributed by atoms with E-state index in [1.54, 1.807) is 6.20 Å². The van der Waals surface area contributed by atoms with E-state index in [0.717, 1.165) is 44.5 Å². The molecule has 0 saturated carbocycles. The summed E-state index contributed by atoms with van der Waals surface area (Å²) in [4.78, 5) is 21.8. The number of imidazole rings is 1. The van der Waals surface area contributed by atoms with E-state index in [0.29, 0.717) is 18.1 Å². The van der Waals surface area contributed by atoms with Gasteiger partial charge in [-0.05, 0) is 46.5 Å². The SMILES string of the molecule is CC(C)(C)OC(=O)N1C2CCC1CC(NCCc1ncc[nH]1)C2. The first-order valence-electron chi connectivity index (χ1n) is 8.65. The summed E-state index contributed by atoms with van der Waals surface area (Å²) in [6, 6.07) is 1.13. The molecule has 0 radical (unpaired) electrons. The second-order valence-electron chi connectivity index (χ2n) is 7.68. The highest BCUT2D eigenvalue weighted by Gasteiger charge is 2.44. The molecule has 0 aromatic carbocycles. The number of hydrogen-bond donors (Lipinski definition) is 2. The monoisotopic (exact) mass is 320 g/mol. The molecule has 2 saturated heterocycles. The number of hydrogen-bond acceptors (Lipinski definition) is 4. The molecule has 6 nitrogen and oxygen atoms in total. The van der Waals surface area contributed by atoms with Crippen molar-refractivity contribution >= 4 is 6.09 Å². The minimum atomic E-state index is -0.422. The Kier molecular flexibility index (Phi) is 4.62. The summed E-state index contributed by atoms with van der Waals surface area (Å²) in [5.41, 5.74) is -0.422. The maximum atomic E-state index is 12.4. The molecule has 2 fully saturated rings. The lowest BCUT2D eigenvalue weighted by Crippen LogP contribution is -2.52. The highest BCUT2D eigenvalue weighted by molar-refractivity contribution is 5.69. The van der Waals surface area contributed by atoms with Crippen molar-refractivity contribution in [1.82, 2.24) is 20.2 Å². The molecule has 2 aliphatic rings. The first-order chi connectivity index (χ1) is 10.9. The van der Waals surface area contributed by atoms with Crippen LogP contribution in [0.25, 0.3) is 0 Å². The third kappa shape index (κ3) is 4.05. The molecule has 6 heteroatoms. The van der Waals surface area contributed by atoms with Crippen molar-refractivity contribution in [2.24, 2.45) is 0 Å². The minimum Gasteiger partial charge on any atom is -0.444 e. The van der Waals surface area contributed by atoms with E-state index in [2.05, 4.69) is 15.3 Å². The third-order valence-corrected chi connectivity index (χ3v) is 4.69. The third-order valence-electron chi connectivity index (χ3n) is 4.69. The van der Waals surface area contributed by atoms with Gasteiger partial charge in [0.1, 0.15) is 11.4 Å². The van der Waals surface area contributed by atoms with Gasteiger partial charge in [0.25, 0.3) is 0 Å². The van der Waals surface area contributed by atoms with E-state index in [1.165, 1.54) is 0 Å². The molecular formula is C17H28N4O2. The number of carbonyl (C=O) groups is 1. The Morgan fingerprint density at radius 3 is 2.65 bits per heavy atom. The number of fused-ring (bicyclic) bond motifs is 2. The van der Waals surface area contributed by atoms with Gasteiger partial charge in [-0.2, -0.15) is 0 Å². The Balaban J connectivity index is 1.49. The van der Waals surface area contributed by atoms with Crippen molar-refractivity contribution in [1.29, 1.82) is 0 Å². The van der Waals surface area contributed by atoms with Crippen LogP contribution in [0.4, 0.5) is 4.79 Å². The van der Waals surface area contributed by atoms with Crippen molar-refractivity contribution in [3.05, 3.63) is 18.2 Å². The van der Waals surface area contributed by atoms with Crippen LogP contribution >= 0.6 is 0 Å². The molecule has 2 N–H and O–H groups in total. The fourth-order valence-electron chi connectivity index (χ4n) is 3.79. The Morgan fingerprint density at radius 1 is 1.39 bits per heavy atom. The number of H-pyrrole nitrogens is 1. The molecule has 1 amide bonds. The van der Waals surface area contributed by atoms with Crippen LogP contribution in [0.1, 0.15) is 52.3 Å². The number of ether oxygens (including phenoxy) is 1. The molecule has 2 bridgehead atoms. The fraction of sp³-hybridized carbons (Fsp3) is 0.765. The van der Waals surface area contributed by atoms with Gasteiger partial charge in [0.2, 0.25) is 0 Å². The molecule has 2 unspecified atom stereocenters. The number of aromatic nitrogens is 2. The van der Waals surface area contributed by atoms with E-state index >= 15 is 0 Å². The summed E-state index contributed by atoms with van der Waals surface area (Å²) in [6.07, 6.45) is 8.65. The zero-order valence-electron chi connectivity index (χ0n) is 14.3. The lowest BCUT2D eigenvalue weighted by atomic mass is 9.97. The smallest absolute Gasteiger partial charge is 0.410 e. The van der Waals surface area contributed by atoms with Gasteiger partial charge in [-0.1, -0.05) is 0 Å². The molecular weight excluding hydrogens is 292 g/mol. The van der Waals surface area contributed by atoms with Crippen molar-refractivity contribution < 1.29 is 9.53 Å². The van der Waals surface area contributed by atoms with Crippen LogP contribution in [-0.2, 0) is 11.2 Å². The molecule has 23 heavy (non-hydrogen) atoms. The summed E-state index contributed by atoms with van der Waals surface area (Å²) in [6.45, 7) is 6.70. The Morgan fingerprint density at radius 2 is 2.09 bits per heavy atom. The highest BCUT2D eigenvalue weighted by Crippen LogP contribution is 2.36. The zero-order chi connectivity index (χ0) is 16.4. The first-order valence-corrected chi connectivity index (χ1v) is 8.65. The van der Waals surface area contributed by atoms with Crippen LogP contribution in [0.5, 0.6) is 0 Å². The molecule has 0 aliphatic carbocycles. The number of rotatable bonds is 4. The Bertz CT molecular complexity index is 509. The van der Waals surface area contributed by atoms with Crippen molar-refractivity contribution in [3.8, 4) is 0 Å². The van der Waals surface area contributed by atoms with Crippen LogP contribution in [0, 0.1) is 0 Å². The lowest BCUT2D eigenvalue weighted by Gasteiger charge is -2.39. The number of nitrogens with zero attached hydrogens (tertiary/aromatic N) is 2. The average molecular weight is 320 g/mol. The molecule has 1 aromatic heterocycles. The highest BCUT2D eigenvalue weighted by atomic mass is 16.6. The predicted molar refractivity (Wildman–Crippen MR) is 88.2 cm³/mol. The van der Waals surface area contributed by atoms with E-state index in [-0.39, 0.29) is 6.09 Å². The second-order valence-corrected chi connectivity index (χ2v) is 7.68. The number of aromatic amines is 1. The fourth-order valence-corrected chi connectivity index (χ4v) is 3.79. The standard InChI is InChI=1S/C17H28N4O2/c1-17(2,3)23-16(22)21-13-4-5-14(21)11-12(10-13)18-7-6-15-19-8-9-20-15/h8-9,12-14,18H,4-7,10-11H2,1-3H3,(H,19,20). The van der Waals surface area contributed by atoms with Crippen LogP contribution < -0.4 is 5.32 Å². The maximum Gasteiger partial charge on any atom is 0.410 e. The van der Waals surface area contributed by atoms with Gasteiger partial charge < -0.3 is 19.9 Å². The van der Waals surface area contributed by atoms with Gasteiger partial charge in [-0.3, -0.25) is 0 Å². The van der Waals surface area contributed by atoms with Crippen LogP contribution in [-0.4, -0.2) is 51.2 Å².